The van der Waals surface area contributed by atoms with Crippen LogP contribution in [0.25, 0.3) is 0 Å². The number of anilines is 1. The van der Waals surface area contributed by atoms with Gasteiger partial charge in [-0.3, -0.25) is 0 Å². The molecule has 1 saturated carbocycles. The summed E-state index contributed by atoms with van der Waals surface area (Å²) in [5, 5.41) is 0. The Bertz CT molecular complexity index is 518. The van der Waals surface area contributed by atoms with Crippen molar-refractivity contribution >= 4 is 11.7 Å². The van der Waals surface area contributed by atoms with Gasteiger partial charge in [-0.25, -0.2) is 4.79 Å². The first-order valence-electron chi connectivity index (χ1n) is 7.84. The minimum absolute atomic E-state index is 0.104. The molecule has 1 aromatic heterocycles. The van der Waals surface area contributed by atoms with Gasteiger partial charge in [-0.15, -0.1) is 0 Å². The molecule has 1 atom stereocenters. The highest BCUT2D eigenvalue weighted by Crippen LogP contribution is 2.42. The second-order valence-electron chi connectivity index (χ2n) is 6.32. The second kappa shape index (κ2) is 5.72. The second-order valence-corrected chi connectivity index (χ2v) is 6.32. The number of methoxy groups -OCH3 is 1. The van der Waals surface area contributed by atoms with Crippen LogP contribution in [0, 0.1) is 0 Å². The summed E-state index contributed by atoms with van der Waals surface area (Å²) in [5.41, 5.74) is 7.00. The average Bonchev–Trinajstić information content (AvgIpc) is 3.03. The van der Waals surface area contributed by atoms with Crippen LogP contribution in [0.5, 0.6) is 0 Å². The predicted molar refractivity (Wildman–Crippen MR) is 80.1 cm³/mol. The molecule has 0 amide bonds. The molecule has 1 aromatic rings. The van der Waals surface area contributed by atoms with Crippen LogP contribution in [0.15, 0.2) is 12.3 Å². The van der Waals surface area contributed by atoms with Crippen LogP contribution in [0.3, 0.4) is 0 Å². The van der Waals surface area contributed by atoms with Crippen LogP contribution in [-0.4, -0.2) is 29.4 Å². The smallest absolute Gasteiger partial charge is 0.354 e. The molecule has 1 aliphatic carbocycles. The van der Waals surface area contributed by atoms with Crippen LogP contribution in [0.4, 0.5) is 5.69 Å². The fourth-order valence-corrected chi connectivity index (χ4v) is 3.77. The molecule has 5 nitrogen and oxygen atoms in total. The highest BCUT2D eigenvalue weighted by Gasteiger charge is 2.40. The van der Waals surface area contributed by atoms with E-state index in [2.05, 4.69) is 0 Å². The van der Waals surface area contributed by atoms with Gasteiger partial charge >= 0.3 is 5.97 Å². The van der Waals surface area contributed by atoms with Crippen LogP contribution < -0.4 is 5.73 Å². The van der Waals surface area contributed by atoms with Gasteiger partial charge in [0.2, 0.25) is 0 Å². The van der Waals surface area contributed by atoms with E-state index in [4.69, 9.17) is 15.2 Å². The number of ether oxygens (including phenoxy) is 2. The molecule has 2 N–H and O–H groups in total. The van der Waals surface area contributed by atoms with E-state index < -0.39 is 0 Å². The number of nitrogens with zero attached hydrogens (tertiary/aromatic N) is 1. The standard InChI is InChI=1S/C16H24N2O3/c1-20-15(19)14-9-12(17)10-18(14)11-13-5-8-16(21-13)6-3-2-4-7-16/h9-10,13H,2-8,11,17H2,1H3. The lowest BCUT2D eigenvalue weighted by Gasteiger charge is -2.33. The number of carbonyl (C=O) groups is 1. The summed E-state index contributed by atoms with van der Waals surface area (Å²) < 4.78 is 13.0. The van der Waals surface area contributed by atoms with Gasteiger partial charge in [-0.1, -0.05) is 19.3 Å². The van der Waals surface area contributed by atoms with Crippen molar-refractivity contribution in [3.63, 3.8) is 0 Å². The van der Waals surface area contributed by atoms with E-state index in [1.54, 1.807) is 12.3 Å². The summed E-state index contributed by atoms with van der Waals surface area (Å²) in [4.78, 5) is 11.8. The molecule has 3 rings (SSSR count). The molecular weight excluding hydrogens is 268 g/mol. The van der Waals surface area contributed by atoms with Crippen molar-refractivity contribution in [2.75, 3.05) is 12.8 Å². The quantitative estimate of drug-likeness (QED) is 0.870. The number of esters is 1. The highest BCUT2D eigenvalue weighted by molar-refractivity contribution is 5.88. The summed E-state index contributed by atoms with van der Waals surface area (Å²) in [6.07, 6.45) is 10.4. The van der Waals surface area contributed by atoms with Crippen LogP contribution >= 0.6 is 0 Å². The molecule has 2 fully saturated rings. The van der Waals surface area contributed by atoms with Crippen LogP contribution in [0.2, 0.25) is 0 Å². The van der Waals surface area contributed by atoms with Gasteiger partial charge in [0.25, 0.3) is 0 Å². The Balaban J connectivity index is 1.69. The normalized spacial score (nSPS) is 24.3. The largest absolute Gasteiger partial charge is 0.464 e. The fraction of sp³-hybridized carbons (Fsp3) is 0.688. The maximum atomic E-state index is 11.8. The Morgan fingerprint density at radius 3 is 2.90 bits per heavy atom. The number of nitrogens with two attached hydrogens (primary N) is 1. The van der Waals surface area contributed by atoms with Crippen molar-refractivity contribution < 1.29 is 14.3 Å². The third-order valence-electron chi connectivity index (χ3n) is 4.82. The summed E-state index contributed by atoms with van der Waals surface area (Å²) in [6.45, 7) is 0.670. The number of hydrogen-bond acceptors (Lipinski definition) is 4. The number of carbonyl (C=O) groups excluding carboxylic acids is 1. The fourth-order valence-electron chi connectivity index (χ4n) is 3.77. The molecule has 1 aliphatic heterocycles. The molecule has 1 spiro atoms. The van der Waals surface area contributed by atoms with Crippen molar-refractivity contribution in [2.45, 2.75) is 63.2 Å². The van der Waals surface area contributed by atoms with Gasteiger partial charge in [0.05, 0.1) is 24.5 Å². The van der Waals surface area contributed by atoms with E-state index in [1.807, 2.05) is 4.57 Å². The monoisotopic (exact) mass is 292 g/mol. The van der Waals surface area contributed by atoms with Gasteiger partial charge in [0.15, 0.2) is 0 Å². The van der Waals surface area contributed by atoms with E-state index >= 15 is 0 Å². The maximum absolute atomic E-state index is 11.8. The molecule has 5 heteroatoms. The zero-order valence-corrected chi connectivity index (χ0v) is 12.6. The highest BCUT2D eigenvalue weighted by atomic mass is 16.5. The first kappa shape index (κ1) is 14.4. The summed E-state index contributed by atoms with van der Waals surface area (Å²) in [6, 6.07) is 1.66. The van der Waals surface area contributed by atoms with Crippen LogP contribution in [-0.2, 0) is 16.0 Å². The van der Waals surface area contributed by atoms with Gasteiger partial charge in [0.1, 0.15) is 5.69 Å². The van der Waals surface area contributed by atoms with Gasteiger partial charge in [-0.2, -0.15) is 0 Å². The minimum atomic E-state index is -0.350. The first-order valence-corrected chi connectivity index (χ1v) is 7.84. The van der Waals surface area contributed by atoms with Gasteiger partial charge in [-0.05, 0) is 31.7 Å². The Kier molecular flexibility index (Phi) is 3.93. The molecule has 21 heavy (non-hydrogen) atoms. The summed E-state index contributed by atoms with van der Waals surface area (Å²) in [5.74, 6) is -0.350. The molecular formula is C16H24N2O3. The number of nitrogen functional groups attached to an aromatic ring is 1. The average molecular weight is 292 g/mol. The van der Waals surface area contributed by atoms with Crippen molar-refractivity contribution in [1.82, 2.24) is 4.57 Å². The molecule has 0 radical (unpaired) electrons. The van der Waals surface area contributed by atoms with E-state index in [-0.39, 0.29) is 17.7 Å². The molecule has 0 bridgehead atoms. The molecule has 1 unspecified atom stereocenters. The number of rotatable bonds is 3. The van der Waals surface area contributed by atoms with Crippen molar-refractivity contribution in [3.05, 3.63) is 18.0 Å². The van der Waals surface area contributed by atoms with Crippen molar-refractivity contribution in [1.29, 1.82) is 0 Å². The predicted octanol–water partition coefficient (Wildman–Crippen LogP) is 2.74. The number of aromatic nitrogens is 1. The lowest BCUT2D eigenvalue weighted by molar-refractivity contribution is -0.0680. The SMILES string of the molecule is COC(=O)c1cc(N)cn1CC1CCC2(CCCCC2)O1. The third kappa shape index (κ3) is 2.93. The summed E-state index contributed by atoms with van der Waals surface area (Å²) >= 11 is 0. The molecule has 1 saturated heterocycles. The molecule has 116 valence electrons. The Morgan fingerprint density at radius 1 is 1.43 bits per heavy atom. The lowest BCUT2D eigenvalue weighted by atomic mass is 9.83. The van der Waals surface area contributed by atoms with E-state index in [0.717, 1.165) is 12.8 Å². The molecule has 0 aromatic carbocycles. The minimum Gasteiger partial charge on any atom is -0.464 e. The van der Waals surface area contributed by atoms with Crippen molar-refractivity contribution in [2.24, 2.45) is 0 Å². The Hall–Kier alpha value is -1.49. The zero-order chi connectivity index (χ0) is 14.9. The Labute approximate surface area is 125 Å². The third-order valence-corrected chi connectivity index (χ3v) is 4.82. The molecule has 2 aliphatic rings. The first-order chi connectivity index (χ1) is 10.1. The van der Waals surface area contributed by atoms with Crippen LogP contribution in [0.1, 0.15) is 55.4 Å². The number of hydrogen-bond donors (Lipinski definition) is 1. The Morgan fingerprint density at radius 2 is 2.19 bits per heavy atom. The lowest BCUT2D eigenvalue weighted by Crippen LogP contribution is -2.32. The summed E-state index contributed by atoms with van der Waals surface area (Å²) in [7, 11) is 1.39. The topological polar surface area (TPSA) is 66.5 Å². The molecule has 2 heterocycles. The van der Waals surface area contributed by atoms with E-state index in [9.17, 15) is 4.79 Å². The van der Waals surface area contributed by atoms with E-state index in [1.165, 1.54) is 39.2 Å². The van der Waals surface area contributed by atoms with Gasteiger partial charge < -0.3 is 19.8 Å². The van der Waals surface area contributed by atoms with Gasteiger partial charge in [0, 0.05) is 12.7 Å². The van der Waals surface area contributed by atoms with Crippen molar-refractivity contribution in [3.8, 4) is 0 Å². The maximum Gasteiger partial charge on any atom is 0.354 e. The zero-order valence-electron chi connectivity index (χ0n) is 12.6. The van der Waals surface area contributed by atoms with E-state index in [0.29, 0.717) is 17.9 Å².